The van der Waals surface area contributed by atoms with E-state index < -0.39 is 9.84 Å². The van der Waals surface area contributed by atoms with Crippen LogP contribution in [0.3, 0.4) is 0 Å². The van der Waals surface area contributed by atoms with Crippen molar-refractivity contribution in [2.24, 2.45) is 11.3 Å². The van der Waals surface area contributed by atoms with Gasteiger partial charge in [-0.1, -0.05) is 0 Å². The SMILES string of the molecule is CCOC[C@@]1(CO)C[C@H]1CS(C)(=O)=O. The van der Waals surface area contributed by atoms with Crippen molar-refractivity contribution in [3.8, 4) is 0 Å². The minimum absolute atomic E-state index is 0.0210. The van der Waals surface area contributed by atoms with Crippen LogP contribution in [0.1, 0.15) is 13.3 Å². The highest BCUT2D eigenvalue weighted by Crippen LogP contribution is 2.52. The van der Waals surface area contributed by atoms with Gasteiger partial charge in [-0.3, -0.25) is 0 Å². The third kappa shape index (κ3) is 2.93. The highest BCUT2D eigenvalue weighted by molar-refractivity contribution is 7.90. The van der Waals surface area contributed by atoms with Crippen LogP contribution in [0.5, 0.6) is 0 Å². The van der Waals surface area contributed by atoms with Crippen molar-refractivity contribution in [3.63, 3.8) is 0 Å². The Balaban J connectivity index is 2.46. The highest BCUT2D eigenvalue weighted by atomic mass is 32.2. The fourth-order valence-electron chi connectivity index (χ4n) is 1.75. The summed E-state index contributed by atoms with van der Waals surface area (Å²) in [5, 5.41) is 9.18. The van der Waals surface area contributed by atoms with Crippen LogP contribution >= 0.6 is 0 Å². The third-order valence-corrected chi connectivity index (χ3v) is 3.78. The maximum absolute atomic E-state index is 11.0. The number of aliphatic hydroxyl groups is 1. The second kappa shape index (κ2) is 4.16. The first-order chi connectivity index (χ1) is 6.43. The van der Waals surface area contributed by atoms with E-state index in [9.17, 15) is 13.5 Å². The average Bonchev–Trinajstić information content (AvgIpc) is 2.73. The van der Waals surface area contributed by atoms with Crippen LogP contribution in [0.4, 0.5) is 0 Å². The minimum atomic E-state index is -2.93. The van der Waals surface area contributed by atoms with Crippen LogP contribution in [0, 0.1) is 11.3 Å². The third-order valence-electron chi connectivity index (χ3n) is 2.77. The molecule has 0 amide bonds. The van der Waals surface area contributed by atoms with Crippen molar-refractivity contribution >= 4 is 9.84 Å². The summed E-state index contributed by atoms with van der Waals surface area (Å²) in [6, 6.07) is 0. The first-order valence-electron chi connectivity index (χ1n) is 4.80. The van der Waals surface area contributed by atoms with E-state index in [1.54, 1.807) is 0 Å². The van der Waals surface area contributed by atoms with Gasteiger partial charge < -0.3 is 9.84 Å². The van der Waals surface area contributed by atoms with Gasteiger partial charge in [0.1, 0.15) is 9.84 Å². The van der Waals surface area contributed by atoms with Crippen LogP contribution in [0.25, 0.3) is 0 Å². The molecule has 1 saturated carbocycles. The lowest BCUT2D eigenvalue weighted by Gasteiger charge is -2.13. The molecule has 1 aliphatic rings. The zero-order chi connectivity index (χ0) is 10.8. The van der Waals surface area contributed by atoms with Crippen molar-refractivity contribution in [2.45, 2.75) is 13.3 Å². The Hall–Kier alpha value is -0.130. The van der Waals surface area contributed by atoms with Crippen molar-refractivity contribution in [1.82, 2.24) is 0 Å². The van der Waals surface area contributed by atoms with E-state index in [2.05, 4.69) is 0 Å². The summed E-state index contributed by atoms with van der Waals surface area (Å²) in [4.78, 5) is 0. The highest BCUT2D eigenvalue weighted by Gasteiger charge is 2.54. The van der Waals surface area contributed by atoms with Gasteiger partial charge in [-0.05, 0) is 19.3 Å². The van der Waals surface area contributed by atoms with Crippen LogP contribution < -0.4 is 0 Å². The normalized spacial score (nSPS) is 31.8. The van der Waals surface area contributed by atoms with Gasteiger partial charge in [0.25, 0.3) is 0 Å². The lowest BCUT2D eigenvalue weighted by Crippen LogP contribution is -2.21. The van der Waals surface area contributed by atoms with Gasteiger partial charge in [-0.2, -0.15) is 0 Å². The molecule has 0 aromatic rings. The van der Waals surface area contributed by atoms with E-state index in [0.717, 1.165) is 6.42 Å². The van der Waals surface area contributed by atoms with Crippen molar-refractivity contribution in [3.05, 3.63) is 0 Å². The van der Waals surface area contributed by atoms with Gasteiger partial charge >= 0.3 is 0 Å². The predicted molar refractivity (Wildman–Crippen MR) is 53.8 cm³/mol. The monoisotopic (exact) mass is 222 g/mol. The second-order valence-electron chi connectivity index (χ2n) is 4.15. The topological polar surface area (TPSA) is 63.6 Å². The molecule has 1 N–H and O–H groups in total. The lowest BCUT2D eigenvalue weighted by atomic mass is 10.1. The molecule has 0 aliphatic heterocycles. The fourth-order valence-corrected chi connectivity index (χ4v) is 2.96. The predicted octanol–water partition coefficient (Wildman–Crippen LogP) is 0.0661. The van der Waals surface area contributed by atoms with Crippen LogP contribution in [-0.2, 0) is 14.6 Å². The Morgan fingerprint density at radius 3 is 2.64 bits per heavy atom. The maximum atomic E-state index is 11.0. The summed E-state index contributed by atoms with van der Waals surface area (Å²) in [7, 11) is -2.93. The average molecular weight is 222 g/mol. The zero-order valence-electron chi connectivity index (χ0n) is 8.69. The van der Waals surface area contributed by atoms with Gasteiger partial charge in [0.2, 0.25) is 0 Å². The number of sulfone groups is 1. The molecule has 5 heteroatoms. The Labute approximate surface area is 85.2 Å². The van der Waals surface area contributed by atoms with Gasteiger partial charge in [0.15, 0.2) is 0 Å². The molecule has 2 atom stereocenters. The van der Waals surface area contributed by atoms with E-state index in [1.807, 2.05) is 6.92 Å². The summed E-state index contributed by atoms with van der Waals surface area (Å²) >= 11 is 0. The van der Waals surface area contributed by atoms with E-state index >= 15 is 0 Å². The van der Waals surface area contributed by atoms with Gasteiger partial charge in [0, 0.05) is 18.3 Å². The first kappa shape index (κ1) is 11.9. The van der Waals surface area contributed by atoms with Crippen molar-refractivity contribution in [1.29, 1.82) is 0 Å². The molecule has 4 nitrogen and oxygen atoms in total. The summed E-state index contributed by atoms with van der Waals surface area (Å²) in [6.07, 6.45) is 1.99. The molecule has 0 radical (unpaired) electrons. The van der Waals surface area contributed by atoms with Crippen molar-refractivity contribution < 1.29 is 18.3 Å². The number of hydrogen-bond acceptors (Lipinski definition) is 4. The molecule has 1 fully saturated rings. The molecule has 0 unspecified atom stereocenters. The molecule has 0 spiro atoms. The zero-order valence-corrected chi connectivity index (χ0v) is 9.51. The molecule has 1 aliphatic carbocycles. The van der Waals surface area contributed by atoms with Gasteiger partial charge in [0.05, 0.1) is 19.0 Å². The Morgan fingerprint density at radius 2 is 2.21 bits per heavy atom. The largest absolute Gasteiger partial charge is 0.396 e. The van der Waals surface area contributed by atoms with E-state index in [-0.39, 0.29) is 23.7 Å². The summed E-state index contributed by atoms with van der Waals surface area (Å²) in [6.45, 7) is 2.99. The maximum Gasteiger partial charge on any atom is 0.147 e. The van der Waals surface area contributed by atoms with E-state index in [1.165, 1.54) is 6.26 Å². The summed E-state index contributed by atoms with van der Waals surface area (Å²) in [5.74, 6) is 0.245. The van der Waals surface area contributed by atoms with Gasteiger partial charge in [-0.15, -0.1) is 0 Å². The summed E-state index contributed by atoms with van der Waals surface area (Å²) in [5.41, 5.74) is -0.279. The standard InChI is InChI=1S/C9H18O4S/c1-3-13-7-9(6-10)4-8(9)5-14(2,11)12/h8,10H,3-7H2,1-2H3/t8-,9-/m0/s1. The molecule has 0 bridgehead atoms. The molecule has 0 aromatic heterocycles. The Morgan fingerprint density at radius 1 is 1.57 bits per heavy atom. The number of ether oxygens (including phenoxy) is 1. The molecule has 84 valence electrons. The molecule has 14 heavy (non-hydrogen) atoms. The quantitative estimate of drug-likeness (QED) is 0.690. The van der Waals surface area contributed by atoms with Gasteiger partial charge in [-0.25, -0.2) is 8.42 Å². The van der Waals surface area contributed by atoms with Crippen LogP contribution in [-0.4, -0.2) is 45.4 Å². The summed E-state index contributed by atoms with van der Waals surface area (Å²) < 4.78 is 27.3. The fraction of sp³-hybridized carbons (Fsp3) is 1.00. The van der Waals surface area contributed by atoms with E-state index in [4.69, 9.17) is 4.74 Å². The smallest absolute Gasteiger partial charge is 0.147 e. The minimum Gasteiger partial charge on any atom is -0.396 e. The second-order valence-corrected chi connectivity index (χ2v) is 6.34. The molecule has 0 saturated heterocycles. The van der Waals surface area contributed by atoms with Crippen LogP contribution in [0.2, 0.25) is 0 Å². The molecule has 1 rings (SSSR count). The molecule has 0 heterocycles. The molecular formula is C9H18O4S. The van der Waals surface area contributed by atoms with Crippen molar-refractivity contribution in [2.75, 3.05) is 31.8 Å². The Kier molecular flexibility index (Phi) is 3.55. The number of rotatable bonds is 6. The molecule has 0 aromatic carbocycles. The van der Waals surface area contributed by atoms with E-state index in [0.29, 0.717) is 13.2 Å². The molecular weight excluding hydrogens is 204 g/mol. The first-order valence-corrected chi connectivity index (χ1v) is 6.86. The Bertz CT molecular complexity index is 285. The van der Waals surface area contributed by atoms with Crippen LogP contribution in [0.15, 0.2) is 0 Å². The number of aliphatic hydroxyl groups excluding tert-OH is 1. The number of hydrogen-bond donors (Lipinski definition) is 1. The lowest BCUT2D eigenvalue weighted by molar-refractivity contribution is 0.0619.